The largest absolute Gasteiger partial charge is 0.451 e. The first-order chi connectivity index (χ1) is 13.1. The number of ketones is 2. The van der Waals surface area contributed by atoms with Crippen molar-refractivity contribution in [3.8, 4) is 0 Å². The van der Waals surface area contributed by atoms with Crippen molar-refractivity contribution >= 4 is 17.5 Å². The lowest BCUT2D eigenvalue weighted by Gasteiger charge is -2.57. The Kier molecular flexibility index (Phi) is 3.57. The second-order valence-electron chi connectivity index (χ2n) is 10.4. The molecule has 0 N–H and O–H groups in total. The summed E-state index contributed by atoms with van der Waals surface area (Å²) in [5, 5.41) is 0. The van der Waals surface area contributed by atoms with Gasteiger partial charge in [-0.3, -0.25) is 14.4 Å². The molecule has 8 atom stereocenters. The molecule has 0 amide bonds. The van der Waals surface area contributed by atoms with Gasteiger partial charge < -0.3 is 4.74 Å². The van der Waals surface area contributed by atoms with Crippen LogP contribution in [-0.4, -0.2) is 23.1 Å². The normalized spacial score (nSPS) is 50.6. The minimum Gasteiger partial charge on any atom is -0.451 e. The Morgan fingerprint density at radius 3 is 2.46 bits per heavy atom. The summed E-state index contributed by atoms with van der Waals surface area (Å²) in [5.74, 6) is 1.87. The molecular weight excluding hydrogens is 352 g/mol. The molecule has 0 radical (unpaired) electrons. The Morgan fingerprint density at radius 1 is 1.07 bits per heavy atom. The third-order valence-electron chi connectivity index (χ3n) is 9.45. The molecule has 0 aromatic carbocycles. The number of ether oxygens (including phenoxy) is 1. The minimum atomic E-state index is -0.982. The molecule has 3 saturated carbocycles. The van der Waals surface area contributed by atoms with Crippen LogP contribution in [0.2, 0.25) is 0 Å². The summed E-state index contributed by atoms with van der Waals surface area (Å²) < 4.78 is 5.82. The van der Waals surface area contributed by atoms with Crippen molar-refractivity contribution in [3.63, 3.8) is 0 Å². The molecule has 150 valence electrons. The zero-order valence-electron chi connectivity index (χ0n) is 17.3. The van der Waals surface area contributed by atoms with Gasteiger partial charge >= 0.3 is 5.97 Å². The van der Waals surface area contributed by atoms with E-state index in [1.54, 1.807) is 6.92 Å². The summed E-state index contributed by atoms with van der Waals surface area (Å²) in [5.41, 5.74) is -0.00957. The monoisotopic (exact) mass is 382 g/mol. The van der Waals surface area contributed by atoms with Gasteiger partial charge in [0.15, 0.2) is 17.2 Å². The van der Waals surface area contributed by atoms with Gasteiger partial charge in [-0.2, -0.15) is 0 Å². The first-order valence-electron chi connectivity index (χ1n) is 10.8. The van der Waals surface area contributed by atoms with Crippen molar-refractivity contribution in [2.24, 2.45) is 40.4 Å². The van der Waals surface area contributed by atoms with E-state index in [1.807, 2.05) is 6.08 Å². The smallest absolute Gasteiger partial charge is 0.303 e. The van der Waals surface area contributed by atoms with Crippen LogP contribution in [0.15, 0.2) is 23.8 Å². The van der Waals surface area contributed by atoms with Crippen LogP contribution in [0.1, 0.15) is 59.8 Å². The molecule has 0 unspecified atom stereocenters. The molecule has 4 heteroatoms. The van der Waals surface area contributed by atoms with E-state index in [9.17, 15) is 14.4 Å². The number of esters is 1. The maximum Gasteiger partial charge on any atom is 0.303 e. The Morgan fingerprint density at radius 2 is 1.79 bits per heavy atom. The number of carbonyl (C=O) groups is 3. The maximum atomic E-state index is 12.8. The summed E-state index contributed by atoms with van der Waals surface area (Å²) in [6, 6.07) is 0. The third kappa shape index (κ3) is 1.99. The van der Waals surface area contributed by atoms with Gasteiger partial charge in [-0.1, -0.05) is 26.0 Å². The van der Waals surface area contributed by atoms with Crippen molar-refractivity contribution in [2.45, 2.75) is 65.4 Å². The Balaban J connectivity index is 1.56. The molecule has 0 aromatic rings. The van der Waals surface area contributed by atoms with Crippen LogP contribution >= 0.6 is 0 Å². The molecular formula is C24H30O4. The molecule has 0 aromatic heterocycles. The molecule has 28 heavy (non-hydrogen) atoms. The Labute approximate surface area is 166 Å². The molecule has 5 aliphatic carbocycles. The lowest BCUT2D eigenvalue weighted by atomic mass is 9.47. The van der Waals surface area contributed by atoms with E-state index in [0.29, 0.717) is 35.9 Å². The summed E-state index contributed by atoms with van der Waals surface area (Å²) in [4.78, 5) is 37.0. The van der Waals surface area contributed by atoms with E-state index in [0.717, 1.165) is 25.7 Å². The fourth-order valence-corrected chi connectivity index (χ4v) is 7.96. The van der Waals surface area contributed by atoms with E-state index in [4.69, 9.17) is 4.74 Å². The molecule has 5 aliphatic rings. The van der Waals surface area contributed by atoms with Crippen LogP contribution in [0.25, 0.3) is 0 Å². The quantitative estimate of drug-likeness (QED) is 0.676. The summed E-state index contributed by atoms with van der Waals surface area (Å²) >= 11 is 0. The molecule has 4 nitrogen and oxygen atoms in total. The molecule has 0 heterocycles. The lowest BCUT2D eigenvalue weighted by molar-refractivity contribution is -0.185. The molecule has 0 saturated heterocycles. The number of hydrogen-bond donors (Lipinski definition) is 0. The number of carbonyl (C=O) groups excluding carboxylic acids is 3. The maximum absolute atomic E-state index is 12.8. The third-order valence-corrected chi connectivity index (χ3v) is 9.45. The summed E-state index contributed by atoms with van der Waals surface area (Å²) in [6.45, 7) is 7.55. The van der Waals surface area contributed by atoms with E-state index < -0.39 is 5.60 Å². The number of Topliss-reactive ketones (excluding diaryl/α,β-unsaturated/α-hetero) is 1. The zero-order valence-corrected chi connectivity index (χ0v) is 17.3. The topological polar surface area (TPSA) is 60.4 Å². The highest BCUT2D eigenvalue weighted by Crippen LogP contribution is 2.71. The number of allylic oxidation sites excluding steroid dienone is 4. The highest BCUT2D eigenvalue weighted by molar-refractivity contribution is 5.97. The van der Waals surface area contributed by atoms with Gasteiger partial charge in [-0.05, 0) is 79.8 Å². The van der Waals surface area contributed by atoms with Gasteiger partial charge in [0.25, 0.3) is 0 Å². The average molecular weight is 383 g/mol. The minimum absolute atomic E-state index is 0.0109. The van der Waals surface area contributed by atoms with Crippen LogP contribution in [0.3, 0.4) is 0 Å². The van der Waals surface area contributed by atoms with Crippen LogP contribution in [0, 0.1) is 40.4 Å². The van der Waals surface area contributed by atoms with Crippen LogP contribution < -0.4 is 0 Å². The highest BCUT2D eigenvalue weighted by Gasteiger charge is 2.69. The van der Waals surface area contributed by atoms with Crippen molar-refractivity contribution in [3.05, 3.63) is 23.8 Å². The predicted molar refractivity (Wildman–Crippen MR) is 104 cm³/mol. The van der Waals surface area contributed by atoms with E-state index in [2.05, 4.69) is 26.0 Å². The first kappa shape index (κ1) is 18.3. The lowest BCUT2D eigenvalue weighted by Crippen LogP contribution is -2.58. The van der Waals surface area contributed by atoms with Crippen molar-refractivity contribution in [1.29, 1.82) is 0 Å². The fraction of sp³-hybridized carbons (Fsp3) is 0.708. The molecule has 0 bridgehead atoms. The molecule has 3 fully saturated rings. The van der Waals surface area contributed by atoms with Crippen molar-refractivity contribution in [1.82, 2.24) is 0 Å². The Bertz CT molecular complexity index is 853. The van der Waals surface area contributed by atoms with Gasteiger partial charge in [0.2, 0.25) is 0 Å². The standard InChI is InChI=1S/C24H30O4/c1-13(25)24(28-14(2)26)10-8-18-16-6-5-15-11-21(27)17-12-20(17)23(15,4)19(16)7-9-22(18,24)3/h5-6,11,16-20H,7-10,12H2,1-4H3/t16-,17+,18+,19+,20-,22-,23-,24-/m0/s1. The van der Waals surface area contributed by atoms with Gasteiger partial charge in [-0.15, -0.1) is 0 Å². The van der Waals surface area contributed by atoms with Gasteiger partial charge in [-0.25, -0.2) is 0 Å². The molecule has 5 rings (SSSR count). The van der Waals surface area contributed by atoms with E-state index in [1.165, 1.54) is 12.5 Å². The van der Waals surface area contributed by atoms with E-state index in [-0.39, 0.29) is 28.5 Å². The van der Waals surface area contributed by atoms with E-state index >= 15 is 0 Å². The first-order valence-corrected chi connectivity index (χ1v) is 10.8. The highest BCUT2D eigenvalue weighted by atomic mass is 16.6. The van der Waals surface area contributed by atoms with Crippen molar-refractivity contribution in [2.75, 3.05) is 0 Å². The van der Waals surface area contributed by atoms with Crippen LogP contribution in [0.4, 0.5) is 0 Å². The molecule has 0 spiro atoms. The predicted octanol–water partition coefficient (Wildman–Crippen LogP) is 4.04. The van der Waals surface area contributed by atoms with Gasteiger partial charge in [0.05, 0.1) is 0 Å². The van der Waals surface area contributed by atoms with Gasteiger partial charge in [0.1, 0.15) is 0 Å². The van der Waals surface area contributed by atoms with Gasteiger partial charge in [0, 0.05) is 18.3 Å². The van der Waals surface area contributed by atoms with Crippen molar-refractivity contribution < 1.29 is 19.1 Å². The fourth-order valence-electron chi connectivity index (χ4n) is 7.96. The molecule has 0 aliphatic heterocycles. The number of fused-ring (bicyclic) bond motifs is 7. The second kappa shape index (κ2) is 5.46. The zero-order chi connectivity index (χ0) is 20.1. The Hall–Kier alpha value is -1.71. The second-order valence-corrected chi connectivity index (χ2v) is 10.4. The summed E-state index contributed by atoms with van der Waals surface area (Å²) in [7, 11) is 0. The average Bonchev–Trinajstić information content (AvgIpc) is 3.37. The SMILES string of the molecule is CC(=O)O[C@]1(C(C)=O)CC[C@@H]2[C@@H]3C=CC4=CC(=O)[C@@H]5C[C@@H]5[C@]4(C)[C@@H]3CC[C@@]21C. The van der Waals surface area contributed by atoms with Crippen LogP contribution in [0.5, 0.6) is 0 Å². The van der Waals surface area contributed by atoms with Crippen LogP contribution in [-0.2, 0) is 19.1 Å². The summed E-state index contributed by atoms with van der Waals surface area (Å²) in [6.07, 6.45) is 10.9. The number of hydrogen-bond acceptors (Lipinski definition) is 4. The number of rotatable bonds is 2.